The molecule has 0 aliphatic carbocycles. The van der Waals surface area contributed by atoms with Crippen LogP contribution >= 0.6 is 11.6 Å². The van der Waals surface area contributed by atoms with Crippen molar-refractivity contribution in [3.8, 4) is 5.75 Å². The van der Waals surface area contributed by atoms with Crippen LogP contribution in [0.25, 0.3) is 0 Å². The van der Waals surface area contributed by atoms with Gasteiger partial charge in [0.15, 0.2) is 11.6 Å². The van der Waals surface area contributed by atoms with E-state index in [1.54, 1.807) is 6.92 Å². The average molecular weight is 159 g/mol. The van der Waals surface area contributed by atoms with Gasteiger partial charge in [-0.05, 0) is 12.5 Å². The number of pyridine rings is 1. The number of aryl methyl sites for hydroxylation is 1. The summed E-state index contributed by atoms with van der Waals surface area (Å²) < 4.78 is 0. The Morgan fingerprint density at radius 2 is 2.30 bits per heavy atom. The fraction of sp³-hybridized carbons (Fsp3) is 0.167. The molecule has 0 spiro atoms. The topological polar surface area (TPSA) is 59.1 Å². The zero-order chi connectivity index (χ0) is 7.72. The number of aromatic nitrogens is 1. The van der Waals surface area contributed by atoms with Gasteiger partial charge in [0.1, 0.15) is 0 Å². The first-order valence-electron chi connectivity index (χ1n) is 2.72. The molecular weight excluding hydrogens is 152 g/mol. The lowest BCUT2D eigenvalue weighted by Crippen LogP contribution is -1.91. The Balaban J connectivity index is 3.34. The van der Waals surface area contributed by atoms with Gasteiger partial charge in [-0.1, -0.05) is 11.6 Å². The summed E-state index contributed by atoms with van der Waals surface area (Å²) in [4.78, 5) is 3.68. The van der Waals surface area contributed by atoms with Crippen LogP contribution in [-0.2, 0) is 0 Å². The monoisotopic (exact) mass is 158 g/mol. The number of nitrogen functional groups attached to an aromatic ring is 1. The van der Waals surface area contributed by atoms with Crippen LogP contribution in [0.4, 0.5) is 5.82 Å². The van der Waals surface area contributed by atoms with E-state index >= 15 is 0 Å². The van der Waals surface area contributed by atoms with Crippen molar-refractivity contribution in [2.45, 2.75) is 6.92 Å². The zero-order valence-corrected chi connectivity index (χ0v) is 6.18. The van der Waals surface area contributed by atoms with E-state index in [0.717, 1.165) is 0 Å². The number of anilines is 1. The fourth-order valence-corrected chi connectivity index (χ4v) is 0.729. The summed E-state index contributed by atoms with van der Waals surface area (Å²) in [6.45, 7) is 1.74. The van der Waals surface area contributed by atoms with Gasteiger partial charge in [0.2, 0.25) is 0 Å². The molecule has 0 fully saturated rings. The van der Waals surface area contributed by atoms with Crippen molar-refractivity contribution in [2.75, 3.05) is 5.73 Å². The highest BCUT2D eigenvalue weighted by molar-refractivity contribution is 6.33. The van der Waals surface area contributed by atoms with Crippen LogP contribution in [0.15, 0.2) is 6.20 Å². The van der Waals surface area contributed by atoms with E-state index in [1.165, 1.54) is 6.20 Å². The Kier molecular flexibility index (Phi) is 1.68. The minimum atomic E-state index is -0.137. The normalized spacial score (nSPS) is 9.80. The predicted octanol–water partition coefficient (Wildman–Crippen LogP) is 1.33. The summed E-state index contributed by atoms with van der Waals surface area (Å²) in [7, 11) is 0. The maximum atomic E-state index is 9.07. The number of nitrogens with two attached hydrogens (primary N) is 1. The molecule has 0 radical (unpaired) electrons. The molecule has 0 aromatic carbocycles. The number of rotatable bonds is 0. The molecular formula is C6H7ClN2O. The maximum absolute atomic E-state index is 9.07. The number of aromatic hydroxyl groups is 1. The van der Waals surface area contributed by atoms with E-state index in [1.807, 2.05) is 0 Å². The molecule has 1 rings (SSSR count). The van der Waals surface area contributed by atoms with Gasteiger partial charge in [-0.15, -0.1) is 0 Å². The molecule has 0 amide bonds. The highest BCUT2D eigenvalue weighted by Gasteiger charge is 2.05. The lowest BCUT2D eigenvalue weighted by Gasteiger charge is -2.01. The molecule has 4 heteroatoms. The molecule has 0 unspecified atom stereocenters. The lowest BCUT2D eigenvalue weighted by atomic mass is 10.3. The van der Waals surface area contributed by atoms with Crippen LogP contribution in [0.3, 0.4) is 0 Å². The van der Waals surface area contributed by atoms with Gasteiger partial charge in [-0.25, -0.2) is 4.98 Å². The smallest absolute Gasteiger partial charge is 0.177 e. The van der Waals surface area contributed by atoms with Gasteiger partial charge in [-0.3, -0.25) is 0 Å². The first-order valence-corrected chi connectivity index (χ1v) is 3.10. The molecule has 1 aromatic heterocycles. The quantitative estimate of drug-likeness (QED) is 0.599. The fourth-order valence-electron chi connectivity index (χ4n) is 0.583. The van der Waals surface area contributed by atoms with E-state index < -0.39 is 0 Å². The maximum Gasteiger partial charge on any atom is 0.177 e. The molecule has 0 saturated carbocycles. The lowest BCUT2D eigenvalue weighted by molar-refractivity contribution is 0.475. The summed E-state index contributed by atoms with van der Waals surface area (Å²) in [5.74, 6) is -0.0720. The van der Waals surface area contributed by atoms with Crippen molar-refractivity contribution >= 4 is 17.4 Å². The number of hydrogen-bond acceptors (Lipinski definition) is 3. The van der Waals surface area contributed by atoms with Gasteiger partial charge in [-0.2, -0.15) is 0 Å². The van der Waals surface area contributed by atoms with Crippen molar-refractivity contribution in [1.29, 1.82) is 0 Å². The second-order valence-corrected chi connectivity index (χ2v) is 2.37. The van der Waals surface area contributed by atoms with E-state index in [9.17, 15) is 0 Å². The summed E-state index contributed by atoms with van der Waals surface area (Å²) in [6, 6.07) is 0. The second kappa shape index (κ2) is 2.34. The number of hydrogen-bond donors (Lipinski definition) is 2. The minimum absolute atomic E-state index is 0.0654. The highest BCUT2D eigenvalue weighted by Crippen LogP contribution is 2.29. The average Bonchev–Trinajstić information content (AvgIpc) is 1.93. The molecule has 1 heterocycles. The zero-order valence-electron chi connectivity index (χ0n) is 5.43. The molecule has 0 aliphatic heterocycles. The Labute approximate surface area is 63.5 Å². The van der Waals surface area contributed by atoms with Crippen LogP contribution in [0.5, 0.6) is 5.75 Å². The van der Waals surface area contributed by atoms with E-state index in [-0.39, 0.29) is 16.6 Å². The first-order chi connectivity index (χ1) is 4.63. The van der Waals surface area contributed by atoms with Crippen LogP contribution in [0.2, 0.25) is 5.02 Å². The van der Waals surface area contributed by atoms with Crippen LogP contribution < -0.4 is 5.73 Å². The van der Waals surface area contributed by atoms with Gasteiger partial charge in [0.05, 0.1) is 5.02 Å². The summed E-state index contributed by atoms with van der Waals surface area (Å²) in [5, 5.41) is 9.34. The van der Waals surface area contributed by atoms with Crippen molar-refractivity contribution < 1.29 is 5.11 Å². The Morgan fingerprint density at radius 3 is 2.80 bits per heavy atom. The van der Waals surface area contributed by atoms with E-state index in [0.29, 0.717) is 5.56 Å². The summed E-state index contributed by atoms with van der Waals surface area (Å²) in [6.07, 6.45) is 1.51. The van der Waals surface area contributed by atoms with Gasteiger partial charge in [0.25, 0.3) is 0 Å². The second-order valence-electron chi connectivity index (χ2n) is 1.99. The summed E-state index contributed by atoms with van der Waals surface area (Å²) in [5.41, 5.74) is 5.96. The largest absolute Gasteiger partial charge is 0.503 e. The minimum Gasteiger partial charge on any atom is -0.503 e. The molecule has 0 bridgehead atoms. The van der Waals surface area contributed by atoms with Crippen molar-refractivity contribution in [3.05, 3.63) is 16.8 Å². The highest BCUT2D eigenvalue weighted by atomic mass is 35.5. The molecule has 1 aromatic rings. The number of nitrogens with zero attached hydrogens (tertiary/aromatic N) is 1. The third-order valence-corrected chi connectivity index (χ3v) is 1.67. The molecule has 0 saturated heterocycles. The van der Waals surface area contributed by atoms with Crippen LogP contribution in [0.1, 0.15) is 5.56 Å². The third-order valence-electron chi connectivity index (χ3n) is 1.19. The molecule has 0 aliphatic rings. The SMILES string of the molecule is Cc1cnc(N)c(O)c1Cl. The molecule has 3 N–H and O–H groups in total. The number of halogens is 1. The molecule has 0 atom stereocenters. The Bertz CT molecular complexity index is 235. The Morgan fingerprint density at radius 1 is 1.70 bits per heavy atom. The Hall–Kier alpha value is -0.960. The molecule has 54 valence electrons. The molecule has 3 nitrogen and oxygen atoms in total. The summed E-state index contributed by atoms with van der Waals surface area (Å²) >= 11 is 5.61. The predicted molar refractivity (Wildman–Crippen MR) is 40.1 cm³/mol. The van der Waals surface area contributed by atoms with Crippen molar-refractivity contribution in [2.24, 2.45) is 0 Å². The van der Waals surface area contributed by atoms with Gasteiger partial charge >= 0.3 is 0 Å². The van der Waals surface area contributed by atoms with Crippen molar-refractivity contribution in [1.82, 2.24) is 4.98 Å². The molecule has 10 heavy (non-hydrogen) atoms. The van der Waals surface area contributed by atoms with Crippen molar-refractivity contribution in [3.63, 3.8) is 0 Å². The standard InChI is InChI=1S/C6H7ClN2O/c1-3-2-9-6(8)5(10)4(3)7/h2,10H,1H3,(H2,8,9). The first kappa shape index (κ1) is 7.15. The van der Waals surface area contributed by atoms with E-state index in [4.69, 9.17) is 22.4 Å². The van der Waals surface area contributed by atoms with Crippen LogP contribution in [0, 0.1) is 6.92 Å². The third kappa shape index (κ3) is 0.998. The van der Waals surface area contributed by atoms with Crippen LogP contribution in [-0.4, -0.2) is 10.1 Å². The van der Waals surface area contributed by atoms with Gasteiger partial charge < -0.3 is 10.8 Å². The van der Waals surface area contributed by atoms with E-state index in [2.05, 4.69) is 4.98 Å². The van der Waals surface area contributed by atoms with Gasteiger partial charge in [0, 0.05) is 6.20 Å².